The van der Waals surface area contributed by atoms with Gasteiger partial charge in [0.2, 0.25) is 0 Å². The molecular weight excluding hydrogens is 238 g/mol. The van der Waals surface area contributed by atoms with Gasteiger partial charge in [0, 0.05) is 6.04 Å². The molecule has 106 valence electrons. The largest absolute Gasteiger partial charge is 0.480 e. The monoisotopic (exact) mass is 263 g/mol. The van der Waals surface area contributed by atoms with Gasteiger partial charge in [-0.3, -0.25) is 10.1 Å². The first kappa shape index (κ1) is 15.7. The Morgan fingerprint density at radius 2 is 1.89 bits per heavy atom. The van der Waals surface area contributed by atoms with Crippen LogP contribution in [0.2, 0.25) is 0 Å². The topological polar surface area (TPSA) is 49.3 Å². The molecule has 2 unspecified atom stereocenters. The van der Waals surface area contributed by atoms with E-state index in [-0.39, 0.29) is 6.04 Å². The molecule has 1 aromatic rings. The van der Waals surface area contributed by atoms with Gasteiger partial charge in [-0.15, -0.1) is 0 Å². The average molecular weight is 263 g/mol. The van der Waals surface area contributed by atoms with Gasteiger partial charge in [0.1, 0.15) is 6.04 Å². The number of carbonyl (C=O) groups is 1. The number of benzene rings is 1. The summed E-state index contributed by atoms with van der Waals surface area (Å²) in [7, 11) is 0. The Kier molecular flexibility index (Phi) is 5.55. The number of nitrogens with one attached hydrogen (secondary N) is 1. The molecule has 0 amide bonds. The van der Waals surface area contributed by atoms with Crippen molar-refractivity contribution in [2.24, 2.45) is 5.92 Å². The molecule has 2 N–H and O–H groups in total. The third-order valence-corrected chi connectivity index (χ3v) is 3.35. The van der Waals surface area contributed by atoms with Crippen LogP contribution >= 0.6 is 0 Å². The van der Waals surface area contributed by atoms with Crippen molar-refractivity contribution in [1.82, 2.24) is 5.32 Å². The van der Waals surface area contributed by atoms with Gasteiger partial charge in [-0.1, -0.05) is 37.6 Å². The highest BCUT2D eigenvalue weighted by atomic mass is 16.4. The fourth-order valence-electron chi connectivity index (χ4n) is 2.41. The van der Waals surface area contributed by atoms with E-state index in [4.69, 9.17) is 0 Å². The molecule has 0 fully saturated rings. The van der Waals surface area contributed by atoms with E-state index in [0.717, 1.165) is 0 Å². The summed E-state index contributed by atoms with van der Waals surface area (Å²) < 4.78 is 0. The van der Waals surface area contributed by atoms with Crippen molar-refractivity contribution in [3.63, 3.8) is 0 Å². The van der Waals surface area contributed by atoms with Crippen LogP contribution in [0.1, 0.15) is 49.9 Å². The summed E-state index contributed by atoms with van der Waals surface area (Å²) in [6.45, 7) is 10.2. The molecular formula is C16H25NO2. The van der Waals surface area contributed by atoms with Gasteiger partial charge >= 0.3 is 5.97 Å². The Hall–Kier alpha value is -1.35. The zero-order chi connectivity index (χ0) is 14.6. The molecule has 0 aliphatic carbocycles. The Morgan fingerprint density at radius 3 is 2.37 bits per heavy atom. The van der Waals surface area contributed by atoms with Gasteiger partial charge in [0.25, 0.3) is 0 Å². The van der Waals surface area contributed by atoms with Crippen molar-refractivity contribution in [2.75, 3.05) is 0 Å². The van der Waals surface area contributed by atoms with Crippen molar-refractivity contribution in [3.05, 3.63) is 34.9 Å². The minimum Gasteiger partial charge on any atom is -0.480 e. The molecule has 0 aliphatic rings. The standard InChI is InChI=1S/C16H25NO2/c1-10(2)8-15(16(18)19)17-13(5)14-7-6-11(3)9-12(14)4/h6-7,9-10,13,15,17H,8H2,1-5H3,(H,18,19). The fourth-order valence-corrected chi connectivity index (χ4v) is 2.41. The number of aliphatic carboxylic acids is 1. The van der Waals surface area contributed by atoms with Crippen LogP contribution in [0.5, 0.6) is 0 Å². The summed E-state index contributed by atoms with van der Waals surface area (Å²) >= 11 is 0. The summed E-state index contributed by atoms with van der Waals surface area (Å²) in [6, 6.07) is 5.83. The predicted octanol–water partition coefficient (Wildman–Crippen LogP) is 3.45. The van der Waals surface area contributed by atoms with E-state index < -0.39 is 12.0 Å². The first-order valence-electron chi connectivity index (χ1n) is 6.87. The van der Waals surface area contributed by atoms with E-state index in [0.29, 0.717) is 12.3 Å². The first-order valence-corrected chi connectivity index (χ1v) is 6.87. The minimum atomic E-state index is -0.773. The van der Waals surface area contributed by atoms with Crippen LogP contribution in [-0.2, 0) is 4.79 Å². The highest BCUT2D eigenvalue weighted by molar-refractivity contribution is 5.73. The van der Waals surface area contributed by atoms with E-state index in [9.17, 15) is 9.90 Å². The molecule has 0 saturated heterocycles. The molecule has 0 aromatic heterocycles. The van der Waals surface area contributed by atoms with Crippen LogP contribution in [0.3, 0.4) is 0 Å². The molecule has 0 heterocycles. The summed E-state index contributed by atoms with van der Waals surface area (Å²) in [5.41, 5.74) is 3.60. The lowest BCUT2D eigenvalue weighted by atomic mass is 9.98. The maximum atomic E-state index is 11.3. The zero-order valence-electron chi connectivity index (χ0n) is 12.5. The molecule has 1 aromatic carbocycles. The molecule has 0 radical (unpaired) electrons. The van der Waals surface area contributed by atoms with Crippen molar-refractivity contribution < 1.29 is 9.90 Å². The lowest BCUT2D eigenvalue weighted by Crippen LogP contribution is -2.39. The van der Waals surface area contributed by atoms with Crippen LogP contribution in [0, 0.1) is 19.8 Å². The number of hydrogen-bond donors (Lipinski definition) is 2. The zero-order valence-corrected chi connectivity index (χ0v) is 12.5. The number of aryl methyl sites for hydroxylation is 2. The van der Waals surface area contributed by atoms with E-state index in [1.54, 1.807) is 0 Å². The second-order valence-electron chi connectivity index (χ2n) is 5.77. The van der Waals surface area contributed by atoms with E-state index in [1.807, 2.05) is 20.8 Å². The molecule has 1 rings (SSSR count). The number of hydrogen-bond acceptors (Lipinski definition) is 2. The number of carboxylic acids is 1. The van der Waals surface area contributed by atoms with E-state index in [2.05, 4.69) is 37.4 Å². The van der Waals surface area contributed by atoms with Gasteiger partial charge in [-0.25, -0.2) is 0 Å². The first-order chi connectivity index (χ1) is 8.81. The van der Waals surface area contributed by atoms with Crippen LogP contribution in [-0.4, -0.2) is 17.1 Å². The Balaban J connectivity index is 2.81. The molecule has 19 heavy (non-hydrogen) atoms. The van der Waals surface area contributed by atoms with Crippen molar-refractivity contribution >= 4 is 5.97 Å². The smallest absolute Gasteiger partial charge is 0.320 e. The number of carboxylic acid groups (broad SMARTS) is 1. The second kappa shape index (κ2) is 6.71. The highest BCUT2D eigenvalue weighted by Gasteiger charge is 2.21. The summed E-state index contributed by atoms with van der Waals surface area (Å²) in [6.07, 6.45) is 0.643. The van der Waals surface area contributed by atoms with E-state index in [1.165, 1.54) is 16.7 Å². The summed E-state index contributed by atoms with van der Waals surface area (Å²) in [5.74, 6) is -0.412. The summed E-state index contributed by atoms with van der Waals surface area (Å²) in [5, 5.41) is 12.5. The third-order valence-electron chi connectivity index (χ3n) is 3.35. The SMILES string of the molecule is Cc1ccc(C(C)NC(CC(C)C)C(=O)O)c(C)c1. The molecule has 3 heteroatoms. The Morgan fingerprint density at radius 1 is 1.26 bits per heavy atom. The predicted molar refractivity (Wildman–Crippen MR) is 78.3 cm³/mol. The van der Waals surface area contributed by atoms with Gasteiger partial charge in [0.15, 0.2) is 0 Å². The van der Waals surface area contributed by atoms with Crippen LogP contribution < -0.4 is 5.32 Å². The molecule has 0 bridgehead atoms. The normalized spacial score (nSPS) is 14.4. The quantitative estimate of drug-likeness (QED) is 0.826. The van der Waals surface area contributed by atoms with Gasteiger partial charge in [-0.2, -0.15) is 0 Å². The fraction of sp³-hybridized carbons (Fsp3) is 0.562. The van der Waals surface area contributed by atoms with Crippen molar-refractivity contribution in [3.8, 4) is 0 Å². The maximum Gasteiger partial charge on any atom is 0.320 e. The molecule has 0 saturated carbocycles. The van der Waals surface area contributed by atoms with Gasteiger partial charge in [0.05, 0.1) is 0 Å². The minimum absolute atomic E-state index is 0.0421. The van der Waals surface area contributed by atoms with Crippen LogP contribution in [0.4, 0.5) is 0 Å². The second-order valence-corrected chi connectivity index (χ2v) is 5.77. The van der Waals surface area contributed by atoms with Gasteiger partial charge < -0.3 is 5.11 Å². The third kappa shape index (κ3) is 4.67. The lowest BCUT2D eigenvalue weighted by Gasteiger charge is -2.23. The molecule has 3 nitrogen and oxygen atoms in total. The van der Waals surface area contributed by atoms with Crippen molar-refractivity contribution in [1.29, 1.82) is 0 Å². The summed E-state index contributed by atoms with van der Waals surface area (Å²) in [4.78, 5) is 11.3. The van der Waals surface area contributed by atoms with E-state index >= 15 is 0 Å². The Bertz CT molecular complexity index is 440. The number of rotatable bonds is 6. The highest BCUT2D eigenvalue weighted by Crippen LogP contribution is 2.20. The van der Waals surface area contributed by atoms with Crippen LogP contribution in [0.15, 0.2) is 18.2 Å². The average Bonchev–Trinajstić information content (AvgIpc) is 2.26. The van der Waals surface area contributed by atoms with Crippen LogP contribution in [0.25, 0.3) is 0 Å². The van der Waals surface area contributed by atoms with Gasteiger partial charge in [-0.05, 0) is 44.2 Å². The Labute approximate surface area is 116 Å². The van der Waals surface area contributed by atoms with Crippen molar-refractivity contribution in [2.45, 2.75) is 53.1 Å². The molecule has 0 spiro atoms. The maximum absolute atomic E-state index is 11.3. The molecule has 2 atom stereocenters. The lowest BCUT2D eigenvalue weighted by molar-refractivity contribution is -0.140. The molecule has 0 aliphatic heterocycles.